The first-order chi connectivity index (χ1) is 6.44. The van der Waals surface area contributed by atoms with E-state index in [2.05, 4.69) is 5.32 Å². The molecule has 0 atom stereocenters. The van der Waals surface area contributed by atoms with Crippen molar-refractivity contribution >= 4 is 11.4 Å². The SMILES string of the molecule is CC(C)(CO)Nc1ccc(F)cc1N. The first-order valence-electron chi connectivity index (χ1n) is 4.39. The molecule has 1 rings (SSSR count). The summed E-state index contributed by atoms with van der Waals surface area (Å²) in [5, 5.41) is 12.0. The van der Waals surface area contributed by atoms with Crippen LogP contribution in [-0.4, -0.2) is 17.3 Å². The van der Waals surface area contributed by atoms with Crippen molar-refractivity contribution in [1.82, 2.24) is 0 Å². The van der Waals surface area contributed by atoms with E-state index in [9.17, 15) is 4.39 Å². The van der Waals surface area contributed by atoms with E-state index in [-0.39, 0.29) is 12.4 Å². The van der Waals surface area contributed by atoms with Crippen LogP contribution in [0.15, 0.2) is 18.2 Å². The maximum Gasteiger partial charge on any atom is 0.125 e. The number of nitrogens with two attached hydrogens (primary N) is 1. The Labute approximate surface area is 82.7 Å². The smallest absolute Gasteiger partial charge is 0.125 e. The van der Waals surface area contributed by atoms with Crippen molar-refractivity contribution in [1.29, 1.82) is 0 Å². The zero-order chi connectivity index (χ0) is 10.8. The molecule has 4 heteroatoms. The van der Waals surface area contributed by atoms with E-state index in [4.69, 9.17) is 10.8 Å². The summed E-state index contributed by atoms with van der Waals surface area (Å²) in [6, 6.07) is 4.13. The van der Waals surface area contributed by atoms with E-state index in [1.54, 1.807) is 6.07 Å². The molecule has 14 heavy (non-hydrogen) atoms. The van der Waals surface area contributed by atoms with Crippen LogP contribution in [0.25, 0.3) is 0 Å². The minimum absolute atomic E-state index is 0.0240. The number of nitrogen functional groups attached to an aromatic ring is 1. The molecule has 0 heterocycles. The van der Waals surface area contributed by atoms with Gasteiger partial charge in [0.05, 0.1) is 23.5 Å². The minimum atomic E-state index is -0.466. The van der Waals surface area contributed by atoms with Crippen molar-refractivity contribution in [2.24, 2.45) is 0 Å². The first kappa shape index (κ1) is 10.8. The first-order valence-corrected chi connectivity index (χ1v) is 4.39. The molecule has 0 saturated carbocycles. The Hall–Kier alpha value is -1.29. The predicted molar refractivity (Wildman–Crippen MR) is 55.6 cm³/mol. The highest BCUT2D eigenvalue weighted by molar-refractivity contribution is 5.66. The van der Waals surface area contributed by atoms with Gasteiger partial charge >= 0.3 is 0 Å². The summed E-state index contributed by atoms with van der Waals surface area (Å²) in [7, 11) is 0. The maximum absolute atomic E-state index is 12.7. The summed E-state index contributed by atoms with van der Waals surface area (Å²) >= 11 is 0. The lowest BCUT2D eigenvalue weighted by Gasteiger charge is -2.25. The van der Waals surface area contributed by atoms with Crippen LogP contribution in [0.5, 0.6) is 0 Å². The van der Waals surface area contributed by atoms with Crippen LogP contribution in [0, 0.1) is 5.82 Å². The molecule has 0 aliphatic rings. The molecule has 0 unspecified atom stereocenters. The van der Waals surface area contributed by atoms with Gasteiger partial charge in [-0.15, -0.1) is 0 Å². The van der Waals surface area contributed by atoms with Gasteiger partial charge in [0.2, 0.25) is 0 Å². The molecule has 0 aromatic heterocycles. The van der Waals surface area contributed by atoms with Gasteiger partial charge in [-0.1, -0.05) is 0 Å². The topological polar surface area (TPSA) is 58.3 Å². The monoisotopic (exact) mass is 198 g/mol. The summed E-state index contributed by atoms with van der Waals surface area (Å²) in [5.41, 5.74) is 6.10. The van der Waals surface area contributed by atoms with Crippen LogP contribution >= 0.6 is 0 Å². The lowest BCUT2D eigenvalue weighted by Crippen LogP contribution is -2.35. The maximum atomic E-state index is 12.7. The molecule has 0 spiro atoms. The third-order valence-electron chi connectivity index (χ3n) is 1.88. The van der Waals surface area contributed by atoms with Gasteiger partial charge in [0, 0.05) is 0 Å². The van der Waals surface area contributed by atoms with Crippen LogP contribution in [0.1, 0.15) is 13.8 Å². The third kappa shape index (κ3) is 2.60. The molecule has 1 aromatic carbocycles. The number of benzene rings is 1. The van der Waals surface area contributed by atoms with Gasteiger partial charge in [-0.25, -0.2) is 4.39 Å². The number of aliphatic hydroxyl groups is 1. The molecular weight excluding hydrogens is 183 g/mol. The average molecular weight is 198 g/mol. The Morgan fingerprint density at radius 1 is 1.50 bits per heavy atom. The highest BCUT2D eigenvalue weighted by atomic mass is 19.1. The van der Waals surface area contributed by atoms with Crippen LogP contribution in [0.3, 0.4) is 0 Å². The summed E-state index contributed by atoms with van der Waals surface area (Å²) in [4.78, 5) is 0. The van der Waals surface area contributed by atoms with Crippen molar-refractivity contribution in [2.45, 2.75) is 19.4 Å². The fourth-order valence-electron chi connectivity index (χ4n) is 1.05. The zero-order valence-corrected chi connectivity index (χ0v) is 8.34. The van der Waals surface area contributed by atoms with E-state index in [0.717, 1.165) is 0 Å². The molecule has 0 radical (unpaired) electrons. The second kappa shape index (κ2) is 3.84. The number of halogens is 1. The lowest BCUT2D eigenvalue weighted by atomic mass is 10.1. The molecule has 1 aromatic rings. The van der Waals surface area contributed by atoms with E-state index in [0.29, 0.717) is 11.4 Å². The highest BCUT2D eigenvalue weighted by Crippen LogP contribution is 2.22. The molecule has 0 saturated heterocycles. The van der Waals surface area contributed by atoms with Crippen LogP contribution in [0.4, 0.5) is 15.8 Å². The van der Waals surface area contributed by atoms with Gasteiger partial charge < -0.3 is 16.2 Å². The van der Waals surface area contributed by atoms with Gasteiger partial charge in [-0.3, -0.25) is 0 Å². The second-order valence-electron chi connectivity index (χ2n) is 3.90. The van der Waals surface area contributed by atoms with Gasteiger partial charge in [0.15, 0.2) is 0 Å². The van der Waals surface area contributed by atoms with Crippen LogP contribution in [0.2, 0.25) is 0 Å². The normalized spacial score (nSPS) is 11.4. The summed E-state index contributed by atoms with van der Waals surface area (Å²) in [6.45, 7) is 3.63. The van der Waals surface area contributed by atoms with Gasteiger partial charge in [0.25, 0.3) is 0 Å². The number of anilines is 2. The molecule has 3 nitrogen and oxygen atoms in total. The average Bonchev–Trinajstić information content (AvgIpc) is 2.10. The Balaban J connectivity index is 2.87. The van der Waals surface area contributed by atoms with Crippen molar-refractivity contribution in [3.05, 3.63) is 24.0 Å². The lowest BCUT2D eigenvalue weighted by molar-refractivity contribution is 0.234. The number of hydrogen-bond donors (Lipinski definition) is 3. The summed E-state index contributed by atoms with van der Waals surface area (Å²) in [5.74, 6) is -0.366. The van der Waals surface area contributed by atoms with E-state index < -0.39 is 5.54 Å². The Bertz CT molecular complexity index is 326. The third-order valence-corrected chi connectivity index (χ3v) is 1.88. The second-order valence-corrected chi connectivity index (χ2v) is 3.90. The van der Waals surface area contributed by atoms with E-state index in [1.165, 1.54) is 12.1 Å². The molecular formula is C10H15FN2O. The van der Waals surface area contributed by atoms with Crippen molar-refractivity contribution in [2.75, 3.05) is 17.7 Å². The molecule has 78 valence electrons. The predicted octanol–water partition coefficient (Wildman–Crippen LogP) is 1.59. The zero-order valence-electron chi connectivity index (χ0n) is 8.34. The minimum Gasteiger partial charge on any atom is -0.397 e. The van der Waals surface area contributed by atoms with Gasteiger partial charge in [-0.2, -0.15) is 0 Å². The molecule has 0 aliphatic heterocycles. The molecule has 4 N–H and O–H groups in total. The standard InChI is InChI=1S/C10H15FN2O/c1-10(2,6-14)13-9-4-3-7(11)5-8(9)12/h3-5,13-14H,6,12H2,1-2H3. The van der Waals surface area contributed by atoms with Crippen molar-refractivity contribution in [3.63, 3.8) is 0 Å². The fourth-order valence-corrected chi connectivity index (χ4v) is 1.05. The number of nitrogens with one attached hydrogen (secondary N) is 1. The Morgan fingerprint density at radius 2 is 2.14 bits per heavy atom. The molecule has 0 aliphatic carbocycles. The summed E-state index contributed by atoms with van der Waals surface area (Å²) < 4.78 is 12.7. The van der Waals surface area contributed by atoms with Crippen molar-refractivity contribution < 1.29 is 9.50 Å². The molecule has 0 amide bonds. The number of aliphatic hydroxyl groups excluding tert-OH is 1. The van der Waals surface area contributed by atoms with Gasteiger partial charge in [-0.05, 0) is 32.0 Å². The van der Waals surface area contributed by atoms with Crippen LogP contribution in [-0.2, 0) is 0 Å². The van der Waals surface area contributed by atoms with E-state index >= 15 is 0 Å². The molecule has 0 bridgehead atoms. The quantitative estimate of drug-likeness (QED) is 0.646. The summed E-state index contributed by atoms with van der Waals surface area (Å²) in [6.07, 6.45) is 0. The fraction of sp³-hybridized carbons (Fsp3) is 0.400. The molecule has 0 fully saturated rings. The van der Waals surface area contributed by atoms with E-state index in [1.807, 2.05) is 13.8 Å². The largest absolute Gasteiger partial charge is 0.397 e. The Kier molecular flexibility index (Phi) is 2.96. The number of hydrogen-bond acceptors (Lipinski definition) is 3. The van der Waals surface area contributed by atoms with Crippen molar-refractivity contribution in [3.8, 4) is 0 Å². The number of rotatable bonds is 3. The van der Waals surface area contributed by atoms with Crippen LogP contribution < -0.4 is 11.1 Å². The van der Waals surface area contributed by atoms with Gasteiger partial charge in [0.1, 0.15) is 5.82 Å². The Morgan fingerprint density at radius 3 is 2.64 bits per heavy atom. The highest BCUT2D eigenvalue weighted by Gasteiger charge is 2.16.